The van der Waals surface area contributed by atoms with Crippen LogP contribution in [-0.2, 0) is 0 Å². The number of nitrogens with zero attached hydrogens (tertiary/aromatic N) is 1. The van der Waals surface area contributed by atoms with Gasteiger partial charge in [0.15, 0.2) is 5.96 Å². The van der Waals surface area contributed by atoms with E-state index in [1.54, 1.807) is 0 Å². The summed E-state index contributed by atoms with van der Waals surface area (Å²) in [5.41, 5.74) is 0. The first-order chi connectivity index (χ1) is 7.36. The fourth-order valence-corrected chi connectivity index (χ4v) is 1.84. The second-order valence-electron chi connectivity index (χ2n) is 4.31. The lowest BCUT2D eigenvalue weighted by atomic mass is 9.99. The number of guanidine groups is 1. The van der Waals surface area contributed by atoms with Crippen molar-refractivity contribution in [2.24, 2.45) is 10.9 Å². The standard InChI is InChI=1S/C12H25N3/c1-3-5-7-11(4-2)10-15-12-13-8-6-9-14-12/h11H,3-10H2,1-2H3,(H2,13,14,15). The first kappa shape index (κ1) is 12.3. The van der Waals surface area contributed by atoms with Crippen molar-refractivity contribution in [3.05, 3.63) is 0 Å². The quantitative estimate of drug-likeness (QED) is 0.706. The predicted molar refractivity (Wildman–Crippen MR) is 66.2 cm³/mol. The molecule has 0 radical (unpaired) electrons. The Bertz CT molecular complexity index is 189. The van der Waals surface area contributed by atoms with Crippen molar-refractivity contribution in [1.29, 1.82) is 0 Å². The van der Waals surface area contributed by atoms with Gasteiger partial charge < -0.3 is 10.6 Å². The molecule has 0 aromatic carbocycles. The molecule has 1 atom stereocenters. The maximum absolute atomic E-state index is 4.41. The number of nitrogens with one attached hydrogen (secondary N) is 2. The van der Waals surface area contributed by atoms with E-state index in [9.17, 15) is 0 Å². The van der Waals surface area contributed by atoms with Crippen LogP contribution < -0.4 is 10.6 Å². The molecular weight excluding hydrogens is 186 g/mol. The molecular formula is C12H25N3. The van der Waals surface area contributed by atoms with Crippen LogP contribution in [0.1, 0.15) is 46.0 Å². The van der Waals surface area contributed by atoms with Crippen molar-refractivity contribution in [3.8, 4) is 0 Å². The van der Waals surface area contributed by atoms with Gasteiger partial charge in [-0.15, -0.1) is 0 Å². The van der Waals surface area contributed by atoms with Gasteiger partial charge in [-0.05, 0) is 18.8 Å². The highest BCUT2D eigenvalue weighted by Crippen LogP contribution is 2.11. The van der Waals surface area contributed by atoms with Crippen LogP contribution >= 0.6 is 0 Å². The van der Waals surface area contributed by atoms with Gasteiger partial charge in [0.1, 0.15) is 0 Å². The molecule has 0 spiro atoms. The molecule has 15 heavy (non-hydrogen) atoms. The topological polar surface area (TPSA) is 36.4 Å². The van der Waals surface area contributed by atoms with Crippen molar-refractivity contribution in [2.75, 3.05) is 19.6 Å². The van der Waals surface area contributed by atoms with Crippen LogP contribution in [0.3, 0.4) is 0 Å². The molecule has 88 valence electrons. The Balaban J connectivity index is 2.17. The largest absolute Gasteiger partial charge is 0.356 e. The minimum Gasteiger partial charge on any atom is -0.356 e. The third kappa shape index (κ3) is 5.05. The Morgan fingerprint density at radius 2 is 2.33 bits per heavy atom. The Kier molecular flexibility index (Phi) is 6.21. The monoisotopic (exact) mass is 211 g/mol. The van der Waals surface area contributed by atoms with Crippen molar-refractivity contribution in [2.45, 2.75) is 46.0 Å². The van der Waals surface area contributed by atoms with Gasteiger partial charge in [-0.2, -0.15) is 0 Å². The Labute approximate surface area is 93.7 Å². The summed E-state index contributed by atoms with van der Waals surface area (Å²) in [6.07, 6.45) is 6.42. The van der Waals surface area contributed by atoms with E-state index in [1.165, 1.54) is 25.7 Å². The van der Waals surface area contributed by atoms with Gasteiger partial charge in [-0.25, -0.2) is 0 Å². The highest BCUT2D eigenvalue weighted by molar-refractivity contribution is 5.80. The van der Waals surface area contributed by atoms with E-state index in [1.807, 2.05) is 0 Å². The summed E-state index contributed by atoms with van der Waals surface area (Å²) in [6.45, 7) is 7.64. The summed E-state index contributed by atoms with van der Waals surface area (Å²) in [7, 11) is 0. The van der Waals surface area contributed by atoms with Crippen LogP contribution in [-0.4, -0.2) is 25.6 Å². The molecule has 0 amide bonds. The van der Waals surface area contributed by atoms with E-state index in [-0.39, 0.29) is 0 Å². The molecule has 0 bridgehead atoms. The van der Waals surface area contributed by atoms with Gasteiger partial charge in [0.25, 0.3) is 0 Å². The molecule has 1 aliphatic heterocycles. The fourth-order valence-electron chi connectivity index (χ4n) is 1.84. The SMILES string of the molecule is CCCCC(CC)CNC1=NCCCN1. The number of hydrogen-bond acceptors (Lipinski definition) is 3. The molecule has 0 saturated carbocycles. The summed E-state index contributed by atoms with van der Waals surface area (Å²) < 4.78 is 0. The lowest BCUT2D eigenvalue weighted by Gasteiger charge is -2.20. The van der Waals surface area contributed by atoms with E-state index in [2.05, 4.69) is 29.5 Å². The number of aliphatic imine (C=N–C) groups is 1. The van der Waals surface area contributed by atoms with Crippen LogP contribution in [0.15, 0.2) is 4.99 Å². The molecule has 1 unspecified atom stereocenters. The second kappa shape index (κ2) is 7.55. The van der Waals surface area contributed by atoms with Crippen LogP contribution in [0.5, 0.6) is 0 Å². The molecule has 3 nitrogen and oxygen atoms in total. The van der Waals surface area contributed by atoms with E-state index >= 15 is 0 Å². The number of unbranched alkanes of at least 4 members (excludes halogenated alkanes) is 1. The highest BCUT2D eigenvalue weighted by atomic mass is 15.2. The molecule has 2 N–H and O–H groups in total. The first-order valence-corrected chi connectivity index (χ1v) is 6.39. The normalized spacial score (nSPS) is 17.9. The Hall–Kier alpha value is -0.730. The minimum absolute atomic E-state index is 0.802. The van der Waals surface area contributed by atoms with Crippen molar-refractivity contribution >= 4 is 5.96 Å². The Morgan fingerprint density at radius 1 is 1.47 bits per heavy atom. The third-order valence-corrected chi connectivity index (χ3v) is 3.00. The van der Waals surface area contributed by atoms with Crippen LogP contribution in [0.4, 0.5) is 0 Å². The fraction of sp³-hybridized carbons (Fsp3) is 0.917. The van der Waals surface area contributed by atoms with Gasteiger partial charge in [-0.3, -0.25) is 4.99 Å². The smallest absolute Gasteiger partial charge is 0.191 e. The predicted octanol–water partition coefficient (Wildman–Crippen LogP) is 2.14. The second-order valence-corrected chi connectivity index (χ2v) is 4.31. The van der Waals surface area contributed by atoms with Crippen molar-refractivity contribution in [1.82, 2.24) is 10.6 Å². The summed E-state index contributed by atoms with van der Waals surface area (Å²) >= 11 is 0. The summed E-state index contributed by atoms with van der Waals surface area (Å²) in [5.74, 6) is 1.81. The molecule has 0 aromatic heterocycles. The van der Waals surface area contributed by atoms with Crippen LogP contribution in [0.25, 0.3) is 0 Å². The number of hydrogen-bond donors (Lipinski definition) is 2. The zero-order valence-corrected chi connectivity index (χ0v) is 10.2. The summed E-state index contributed by atoms with van der Waals surface area (Å²) in [6, 6.07) is 0. The summed E-state index contributed by atoms with van der Waals surface area (Å²) in [4.78, 5) is 4.41. The lowest BCUT2D eigenvalue weighted by Crippen LogP contribution is -2.42. The molecule has 3 heteroatoms. The molecule has 0 aromatic rings. The van der Waals surface area contributed by atoms with E-state index in [0.29, 0.717) is 0 Å². The van der Waals surface area contributed by atoms with E-state index in [0.717, 1.165) is 37.9 Å². The molecule has 1 aliphatic rings. The minimum atomic E-state index is 0.802. The molecule has 0 saturated heterocycles. The highest BCUT2D eigenvalue weighted by Gasteiger charge is 2.08. The molecule has 1 rings (SSSR count). The summed E-state index contributed by atoms with van der Waals surface area (Å²) in [5, 5.41) is 6.71. The first-order valence-electron chi connectivity index (χ1n) is 6.39. The molecule has 0 aliphatic carbocycles. The van der Waals surface area contributed by atoms with E-state index < -0.39 is 0 Å². The van der Waals surface area contributed by atoms with Gasteiger partial charge in [0.2, 0.25) is 0 Å². The number of rotatable bonds is 6. The van der Waals surface area contributed by atoms with Crippen LogP contribution in [0.2, 0.25) is 0 Å². The van der Waals surface area contributed by atoms with Gasteiger partial charge in [-0.1, -0.05) is 33.1 Å². The van der Waals surface area contributed by atoms with Gasteiger partial charge in [0, 0.05) is 19.6 Å². The van der Waals surface area contributed by atoms with Crippen molar-refractivity contribution in [3.63, 3.8) is 0 Å². The maximum atomic E-state index is 4.41. The average Bonchev–Trinajstić information content (AvgIpc) is 2.31. The lowest BCUT2D eigenvalue weighted by molar-refractivity contribution is 0.442. The van der Waals surface area contributed by atoms with Gasteiger partial charge >= 0.3 is 0 Å². The molecule has 0 fully saturated rings. The van der Waals surface area contributed by atoms with Crippen LogP contribution in [0, 0.1) is 5.92 Å². The average molecular weight is 211 g/mol. The zero-order chi connectivity index (χ0) is 10.9. The Morgan fingerprint density at radius 3 is 2.93 bits per heavy atom. The van der Waals surface area contributed by atoms with Gasteiger partial charge in [0.05, 0.1) is 0 Å². The molecule has 1 heterocycles. The van der Waals surface area contributed by atoms with Crippen molar-refractivity contribution < 1.29 is 0 Å². The third-order valence-electron chi connectivity index (χ3n) is 3.00. The maximum Gasteiger partial charge on any atom is 0.191 e. The zero-order valence-electron chi connectivity index (χ0n) is 10.2. The van der Waals surface area contributed by atoms with E-state index in [4.69, 9.17) is 0 Å².